The number of nitrogens with zero attached hydrogens (tertiary/aromatic N) is 2. The molecule has 1 aliphatic rings. The Balaban J connectivity index is 2.15. The van der Waals surface area contributed by atoms with Gasteiger partial charge in [0, 0.05) is 18.8 Å². The highest BCUT2D eigenvalue weighted by Gasteiger charge is 2.50. The van der Waals surface area contributed by atoms with Crippen molar-refractivity contribution >= 4 is 17.7 Å². The predicted octanol–water partition coefficient (Wildman–Crippen LogP) is 1.45. The molecule has 0 radical (unpaired) electrons. The molecule has 1 aromatic heterocycles. The van der Waals surface area contributed by atoms with Gasteiger partial charge in [-0.2, -0.15) is 5.10 Å². The maximum absolute atomic E-state index is 12.1. The van der Waals surface area contributed by atoms with Crippen molar-refractivity contribution in [1.29, 1.82) is 0 Å². The molecule has 0 bridgehead atoms. The predicted molar refractivity (Wildman–Crippen MR) is 81.6 cm³/mol. The lowest BCUT2D eigenvalue weighted by atomic mass is 9.93. The van der Waals surface area contributed by atoms with E-state index in [1.807, 2.05) is 24.7 Å². The number of aryl methyl sites for hydroxylation is 2. The highest BCUT2D eigenvalue weighted by molar-refractivity contribution is 7.99. The monoisotopic (exact) mass is 296 g/mol. The lowest BCUT2D eigenvalue weighted by Crippen LogP contribution is -2.61. The van der Waals surface area contributed by atoms with Crippen LogP contribution in [0.5, 0.6) is 0 Å². The zero-order chi connectivity index (χ0) is 14.9. The Labute approximate surface area is 124 Å². The Morgan fingerprint density at radius 2 is 2.30 bits per heavy atom. The summed E-state index contributed by atoms with van der Waals surface area (Å²) in [7, 11) is 1.92. The third-order valence-electron chi connectivity index (χ3n) is 3.67. The molecule has 0 spiro atoms. The molecule has 1 atom stereocenters. The Bertz CT molecular complexity index is 495. The second kappa shape index (κ2) is 5.77. The van der Waals surface area contributed by atoms with Gasteiger partial charge in [-0.15, -0.1) is 11.8 Å². The summed E-state index contributed by atoms with van der Waals surface area (Å²) < 4.78 is 1.86. The molecule has 112 valence electrons. The largest absolute Gasteiger partial charge is 0.368 e. The van der Waals surface area contributed by atoms with Crippen LogP contribution in [0.2, 0.25) is 0 Å². The molecule has 1 aromatic rings. The quantitative estimate of drug-likeness (QED) is 0.747. The molecule has 6 heteroatoms. The van der Waals surface area contributed by atoms with E-state index in [2.05, 4.69) is 24.3 Å². The third kappa shape index (κ3) is 3.17. The maximum atomic E-state index is 12.1. The molecule has 1 amide bonds. The Morgan fingerprint density at radius 3 is 2.70 bits per heavy atom. The molecule has 2 rings (SSSR count). The molecule has 0 aromatic carbocycles. The second-order valence-corrected chi connectivity index (χ2v) is 6.94. The number of rotatable bonds is 7. The van der Waals surface area contributed by atoms with Crippen molar-refractivity contribution in [2.75, 3.05) is 5.75 Å². The SMILES string of the molecule is Cc1cc(SCC(NC(C)C)(C(N)=O)C2CC2)n(C)n1. The topological polar surface area (TPSA) is 72.9 Å². The van der Waals surface area contributed by atoms with Gasteiger partial charge in [0.05, 0.1) is 10.7 Å². The first kappa shape index (κ1) is 15.4. The number of nitrogens with two attached hydrogens (primary N) is 1. The van der Waals surface area contributed by atoms with Crippen LogP contribution in [0.15, 0.2) is 11.1 Å². The summed E-state index contributed by atoms with van der Waals surface area (Å²) in [6.45, 7) is 6.08. The van der Waals surface area contributed by atoms with Gasteiger partial charge in [0.15, 0.2) is 0 Å². The summed E-state index contributed by atoms with van der Waals surface area (Å²) >= 11 is 1.65. The first-order chi connectivity index (χ1) is 9.35. The van der Waals surface area contributed by atoms with E-state index in [4.69, 9.17) is 5.73 Å². The smallest absolute Gasteiger partial charge is 0.238 e. The molecule has 1 fully saturated rings. The van der Waals surface area contributed by atoms with Crippen molar-refractivity contribution in [2.45, 2.75) is 50.2 Å². The number of carbonyl (C=O) groups excluding carboxylic acids is 1. The number of aromatic nitrogens is 2. The summed E-state index contributed by atoms with van der Waals surface area (Å²) in [6, 6.07) is 2.27. The van der Waals surface area contributed by atoms with Crippen molar-refractivity contribution < 1.29 is 4.79 Å². The molecular weight excluding hydrogens is 272 g/mol. The van der Waals surface area contributed by atoms with E-state index >= 15 is 0 Å². The summed E-state index contributed by atoms with van der Waals surface area (Å²) in [5.41, 5.74) is 6.12. The number of amides is 1. The van der Waals surface area contributed by atoms with Crippen molar-refractivity contribution in [3.63, 3.8) is 0 Å². The van der Waals surface area contributed by atoms with Gasteiger partial charge in [0.1, 0.15) is 5.54 Å². The second-order valence-electron chi connectivity index (χ2n) is 5.95. The summed E-state index contributed by atoms with van der Waals surface area (Å²) in [6.07, 6.45) is 2.15. The van der Waals surface area contributed by atoms with Crippen LogP contribution in [0.4, 0.5) is 0 Å². The van der Waals surface area contributed by atoms with E-state index in [0.29, 0.717) is 11.7 Å². The molecule has 0 aliphatic heterocycles. The Morgan fingerprint density at radius 1 is 1.65 bits per heavy atom. The van der Waals surface area contributed by atoms with Crippen LogP contribution >= 0.6 is 11.8 Å². The average molecular weight is 296 g/mol. The molecule has 1 heterocycles. The van der Waals surface area contributed by atoms with Gasteiger partial charge in [-0.1, -0.05) is 0 Å². The van der Waals surface area contributed by atoms with Crippen molar-refractivity contribution in [3.8, 4) is 0 Å². The van der Waals surface area contributed by atoms with E-state index in [9.17, 15) is 4.79 Å². The molecule has 1 unspecified atom stereocenters. The van der Waals surface area contributed by atoms with Gasteiger partial charge in [0.25, 0.3) is 0 Å². The van der Waals surface area contributed by atoms with Crippen LogP contribution in [-0.2, 0) is 11.8 Å². The Hall–Kier alpha value is -1.01. The molecule has 0 saturated heterocycles. The Kier molecular flexibility index (Phi) is 4.44. The first-order valence-corrected chi connectivity index (χ1v) is 8.05. The maximum Gasteiger partial charge on any atom is 0.238 e. The van der Waals surface area contributed by atoms with Crippen LogP contribution in [-0.4, -0.2) is 33.0 Å². The van der Waals surface area contributed by atoms with Crippen molar-refractivity contribution in [3.05, 3.63) is 11.8 Å². The summed E-state index contributed by atoms with van der Waals surface area (Å²) in [5.74, 6) is 0.786. The number of nitrogens with one attached hydrogen (secondary N) is 1. The zero-order valence-electron chi connectivity index (χ0n) is 12.6. The third-order valence-corrected chi connectivity index (χ3v) is 4.94. The van der Waals surface area contributed by atoms with Crippen LogP contribution in [0, 0.1) is 12.8 Å². The fraction of sp³-hybridized carbons (Fsp3) is 0.714. The summed E-state index contributed by atoms with van der Waals surface area (Å²) in [4.78, 5) is 12.1. The average Bonchev–Trinajstić information content (AvgIpc) is 3.11. The lowest BCUT2D eigenvalue weighted by molar-refractivity contribution is -0.124. The van der Waals surface area contributed by atoms with E-state index in [-0.39, 0.29) is 11.9 Å². The van der Waals surface area contributed by atoms with Crippen LogP contribution in [0.3, 0.4) is 0 Å². The van der Waals surface area contributed by atoms with E-state index < -0.39 is 5.54 Å². The van der Waals surface area contributed by atoms with E-state index in [1.165, 1.54) is 0 Å². The number of primary amides is 1. The number of hydrogen-bond acceptors (Lipinski definition) is 4. The van der Waals surface area contributed by atoms with Gasteiger partial charge in [-0.25, -0.2) is 0 Å². The normalized spacial score (nSPS) is 18.2. The summed E-state index contributed by atoms with van der Waals surface area (Å²) in [5, 5.41) is 8.83. The molecule has 5 nitrogen and oxygen atoms in total. The van der Waals surface area contributed by atoms with Crippen molar-refractivity contribution in [2.24, 2.45) is 18.7 Å². The minimum Gasteiger partial charge on any atom is -0.368 e. The van der Waals surface area contributed by atoms with Crippen molar-refractivity contribution in [1.82, 2.24) is 15.1 Å². The highest BCUT2D eigenvalue weighted by atomic mass is 32.2. The van der Waals surface area contributed by atoms with Crippen LogP contribution in [0.25, 0.3) is 0 Å². The minimum atomic E-state index is -0.600. The van der Waals surface area contributed by atoms with Gasteiger partial charge in [-0.05, 0) is 45.6 Å². The van der Waals surface area contributed by atoms with E-state index in [1.54, 1.807) is 11.8 Å². The molecule has 1 aliphatic carbocycles. The number of carbonyl (C=O) groups is 1. The molecule has 1 saturated carbocycles. The van der Waals surface area contributed by atoms with Crippen LogP contribution < -0.4 is 11.1 Å². The molecular formula is C14H24N4OS. The standard InChI is InChI=1S/C14H24N4OS/c1-9(2)16-14(13(15)19,11-5-6-11)8-20-12-7-10(3)17-18(12)4/h7,9,11,16H,5-6,8H2,1-4H3,(H2,15,19). The minimum absolute atomic E-state index is 0.233. The lowest BCUT2D eigenvalue weighted by Gasteiger charge is -2.33. The number of thioether (sulfide) groups is 1. The fourth-order valence-corrected chi connectivity index (χ4v) is 3.94. The fourth-order valence-electron chi connectivity index (χ4n) is 2.62. The zero-order valence-corrected chi connectivity index (χ0v) is 13.5. The number of hydrogen-bond donors (Lipinski definition) is 2. The van der Waals surface area contributed by atoms with Gasteiger partial charge >= 0.3 is 0 Å². The molecule has 3 N–H and O–H groups in total. The van der Waals surface area contributed by atoms with E-state index in [0.717, 1.165) is 23.6 Å². The first-order valence-electron chi connectivity index (χ1n) is 7.06. The van der Waals surface area contributed by atoms with Gasteiger partial charge in [0.2, 0.25) is 5.91 Å². The van der Waals surface area contributed by atoms with Gasteiger partial charge < -0.3 is 11.1 Å². The highest BCUT2D eigenvalue weighted by Crippen LogP contribution is 2.42. The molecule has 20 heavy (non-hydrogen) atoms. The van der Waals surface area contributed by atoms with Crippen LogP contribution in [0.1, 0.15) is 32.4 Å². The van der Waals surface area contributed by atoms with Gasteiger partial charge in [-0.3, -0.25) is 9.48 Å².